The van der Waals surface area contributed by atoms with Crippen LogP contribution in [0.2, 0.25) is 5.02 Å². The Morgan fingerprint density at radius 2 is 2.22 bits per heavy atom. The molecule has 94 valence electrons. The Kier molecular flexibility index (Phi) is 3.89. The van der Waals surface area contributed by atoms with Crippen LogP contribution in [0.1, 0.15) is 10.5 Å². The van der Waals surface area contributed by atoms with E-state index >= 15 is 0 Å². The number of esters is 1. The maximum absolute atomic E-state index is 11.4. The van der Waals surface area contributed by atoms with Crippen LogP contribution in [0.4, 0.5) is 5.00 Å². The molecule has 4 nitrogen and oxygen atoms in total. The minimum absolute atomic E-state index is 0.133. The summed E-state index contributed by atoms with van der Waals surface area (Å²) in [5.74, 6) is -0.545. The van der Waals surface area contributed by atoms with Crippen molar-refractivity contribution >= 4 is 49.8 Å². The summed E-state index contributed by atoms with van der Waals surface area (Å²) >= 11 is 10.5. The Bertz CT molecular complexity index is 595. The average Bonchev–Trinajstić information content (AvgIpc) is 2.69. The summed E-state index contributed by atoms with van der Waals surface area (Å²) in [5.41, 5.74) is 6.67. The van der Waals surface area contributed by atoms with Gasteiger partial charge in [0.25, 0.3) is 0 Å². The first kappa shape index (κ1) is 13.3. The van der Waals surface area contributed by atoms with Crippen LogP contribution in [0.3, 0.4) is 0 Å². The topological polar surface area (TPSA) is 65.2 Å². The van der Waals surface area contributed by atoms with Crippen LogP contribution < -0.4 is 5.73 Å². The minimum atomic E-state index is -0.545. The van der Waals surface area contributed by atoms with Gasteiger partial charge in [-0.1, -0.05) is 38.9 Å². The van der Waals surface area contributed by atoms with Gasteiger partial charge in [-0.2, -0.15) is 0 Å². The number of benzene rings is 1. The molecule has 0 saturated heterocycles. The number of nitrogens with zero attached hydrogens (tertiary/aromatic N) is 1. The molecule has 18 heavy (non-hydrogen) atoms. The van der Waals surface area contributed by atoms with Crippen molar-refractivity contribution < 1.29 is 9.53 Å². The van der Waals surface area contributed by atoms with Crippen molar-refractivity contribution in [3.63, 3.8) is 0 Å². The molecule has 2 N–H and O–H groups in total. The molecule has 0 radical (unpaired) electrons. The monoisotopic (exact) mass is 346 g/mol. The van der Waals surface area contributed by atoms with Gasteiger partial charge in [0.1, 0.15) is 10.0 Å². The summed E-state index contributed by atoms with van der Waals surface area (Å²) in [4.78, 5) is 15.6. The van der Waals surface area contributed by atoms with Gasteiger partial charge in [0.15, 0.2) is 5.69 Å². The fourth-order valence-electron chi connectivity index (χ4n) is 1.38. The number of carbonyl (C=O) groups is 1. The molecule has 0 aliphatic rings. The van der Waals surface area contributed by atoms with Gasteiger partial charge in [-0.15, -0.1) is 0 Å². The molecule has 0 aliphatic carbocycles. The van der Waals surface area contributed by atoms with Gasteiger partial charge in [-0.05, 0) is 18.2 Å². The first-order chi connectivity index (χ1) is 8.51. The van der Waals surface area contributed by atoms with E-state index < -0.39 is 5.97 Å². The number of ether oxygens (including phenoxy) is 1. The molecule has 2 aromatic rings. The van der Waals surface area contributed by atoms with E-state index in [1.165, 1.54) is 18.4 Å². The molecule has 7 heteroatoms. The number of nitrogens with two attached hydrogens (primary N) is 1. The second kappa shape index (κ2) is 5.26. The van der Waals surface area contributed by atoms with Crippen LogP contribution in [0.5, 0.6) is 0 Å². The Hall–Kier alpha value is -1.11. The quantitative estimate of drug-likeness (QED) is 0.843. The highest BCUT2D eigenvalue weighted by molar-refractivity contribution is 9.10. The molecule has 0 fully saturated rings. The van der Waals surface area contributed by atoms with E-state index in [1.54, 1.807) is 12.1 Å². The van der Waals surface area contributed by atoms with Crippen molar-refractivity contribution in [2.45, 2.75) is 0 Å². The Morgan fingerprint density at radius 3 is 2.83 bits per heavy atom. The van der Waals surface area contributed by atoms with Crippen molar-refractivity contribution in [3.05, 3.63) is 33.4 Å². The SMILES string of the molecule is COC(=O)c1nc(-c2cc(Cl)cc(Br)c2)sc1N. The molecule has 0 bridgehead atoms. The highest BCUT2D eigenvalue weighted by Crippen LogP contribution is 2.33. The summed E-state index contributed by atoms with van der Waals surface area (Å²) in [6, 6.07) is 5.38. The fraction of sp³-hybridized carbons (Fsp3) is 0.0909. The molecule has 0 amide bonds. The third-order valence-electron chi connectivity index (χ3n) is 2.14. The van der Waals surface area contributed by atoms with E-state index in [4.69, 9.17) is 17.3 Å². The van der Waals surface area contributed by atoms with Crippen LogP contribution in [0.25, 0.3) is 10.6 Å². The Labute approximate surface area is 121 Å². The maximum Gasteiger partial charge on any atom is 0.359 e. The number of halogens is 2. The number of hydrogen-bond donors (Lipinski definition) is 1. The average molecular weight is 348 g/mol. The molecule has 0 saturated carbocycles. The van der Waals surface area contributed by atoms with Gasteiger partial charge < -0.3 is 10.5 Å². The van der Waals surface area contributed by atoms with Gasteiger partial charge in [0, 0.05) is 15.1 Å². The molecular formula is C11H8BrClN2O2S. The molecular weight excluding hydrogens is 340 g/mol. The molecule has 0 atom stereocenters. The molecule has 0 aliphatic heterocycles. The zero-order valence-corrected chi connectivity index (χ0v) is 12.4. The second-order valence-corrected chi connectivity index (χ2v) is 5.76. The van der Waals surface area contributed by atoms with Gasteiger partial charge >= 0.3 is 5.97 Å². The third-order valence-corrected chi connectivity index (χ3v) is 3.75. The van der Waals surface area contributed by atoms with Crippen molar-refractivity contribution in [2.75, 3.05) is 12.8 Å². The standard InChI is InChI=1S/C11H8BrClN2O2S/c1-17-11(16)8-9(14)18-10(15-8)5-2-6(12)4-7(13)3-5/h2-4H,14H2,1H3. The number of hydrogen-bond acceptors (Lipinski definition) is 5. The Morgan fingerprint density at radius 1 is 1.50 bits per heavy atom. The number of thiazole rings is 1. The fourth-order valence-corrected chi connectivity index (χ4v) is 3.04. The van der Waals surface area contributed by atoms with E-state index in [1.807, 2.05) is 6.07 Å². The van der Waals surface area contributed by atoms with Gasteiger partial charge in [-0.3, -0.25) is 0 Å². The van der Waals surface area contributed by atoms with Gasteiger partial charge in [0.2, 0.25) is 0 Å². The summed E-state index contributed by atoms with van der Waals surface area (Å²) in [5, 5.41) is 1.52. The van der Waals surface area contributed by atoms with E-state index in [-0.39, 0.29) is 5.69 Å². The molecule has 1 heterocycles. The van der Waals surface area contributed by atoms with E-state index in [9.17, 15) is 4.79 Å². The highest BCUT2D eigenvalue weighted by Gasteiger charge is 2.17. The molecule has 2 rings (SSSR count). The molecule has 1 aromatic carbocycles. The predicted octanol–water partition coefficient (Wildman–Crippen LogP) is 3.59. The zero-order valence-electron chi connectivity index (χ0n) is 9.24. The van der Waals surface area contributed by atoms with Crippen LogP contribution in [-0.4, -0.2) is 18.1 Å². The minimum Gasteiger partial charge on any atom is -0.464 e. The summed E-state index contributed by atoms with van der Waals surface area (Å²) in [6.45, 7) is 0. The van der Waals surface area contributed by atoms with Gasteiger partial charge in [0.05, 0.1) is 7.11 Å². The molecule has 1 aromatic heterocycles. The number of aromatic nitrogens is 1. The van der Waals surface area contributed by atoms with Crippen LogP contribution >= 0.6 is 38.9 Å². The van der Waals surface area contributed by atoms with E-state index in [2.05, 4.69) is 25.7 Å². The zero-order chi connectivity index (χ0) is 13.3. The summed E-state index contributed by atoms with van der Waals surface area (Å²) < 4.78 is 5.44. The van der Waals surface area contributed by atoms with Crippen molar-refractivity contribution in [1.29, 1.82) is 0 Å². The number of methoxy groups -OCH3 is 1. The third kappa shape index (κ3) is 2.66. The lowest BCUT2D eigenvalue weighted by atomic mass is 10.2. The normalized spacial score (nSPS) is 10.4. The first-order valence-electron chi connectivity index (χ1n) is 4.82. The molecule has 0 spiro atoms. The van der Waals surface area contributed by atoms with Crippen molar-refractivity contribution in [2.24, 2.45) is 0 Å². The number of nitrogen functional groups attached to an aromatic ring is 1. The predicted molar refractivity (Wildman–Crippen MR) is 76.0 cm³/mol. The summed E-state index contributed by atoms with van der Waals surface area (Å²) in [6.07, 6.45) is 0. The van der Waals surface area contributed by atoms with Crippen molar-refractivity contribution in [1.82, 2.24) is 4.98 Å². The largest absolute Gasteiger partial charge is 0.464 e. The number of carbonyl (C=O) groups excluding carboxylic acids is 1. The van der Waals surface area contributed by atoms with Gasteiger partial charge in [-0.25, -0.2) is 9.78 Å². The number of rotatable bonds is 2. The lowest BCUT2D eigenvalue weighted by molar-refractivity contribution is 0.0596. The number of anilines is 1. The lowest BCUT2D eigenvalue weighted by Gasteiger charge is -1.98. The summed E-state index contributed by atoms with van der Waals surface area (Å²) in [7, 11) is 1.29. The molecule has 0 unspecified atom stereocenters. The highest BCUT2D eigenvalue weighted by atomic mass is 79.9. The van der Waals surface area contributed by atoms with E-state index in [0.717, 1.165) is 10.0 Å². The lowest BCUT2D eigenvalue weighted by Crippen LogP contribution is -2.04. The van der Waals surface area contributed by atoms with Crippen LogP contribution in [-0.2, 0) is 4.74 Å². The first-order valence-corrected chi connectivity index (χ1v) is 6.81. The van der Waals surface area contributed by atoms with Crippen LogP contribution in [0.15, 0.2) is 22.7 Å². The Balaban J connectivity index is 2.48. The van der Waals surface area contributed by atoms with Crippen molar-refractivity contribution in [3.8, 4) is 10.6 Å². The second-order valence-electron chi connectivity index (χ2n) is 3.38. The van der Waals surface area contributed by atoms with E-state index in [0.29, 0.717) is 15.0 Å². The van der Waals surface area contributed by atoms with Crippen LogP contribution in [0, 0.1) is 0 Å². The maximum atomic E-state index is 11.4. The smallest absolute Gasteiger partial charge is 0.359 e.